The van der Waals surface area contributed by atoms with Gasteiger partial charge >= 0.3 is 5.69 Å². The maximum atomic E-state index is 13.0. The molecule has 3 heterocycles. The molecule has 0 radical (unpaired) electrons. The van der Waals surface area contributed by atoms with E-state index in [4.69, 9.17) is 5.11 Å². The summed E-state index contributed by atoms with van der Waals surface area (Å²) >= 11 is 0. The molecule has 2 aromatic heterocycles. The number of anilines is 1. The Kier molecular flexibility index (Phi) is 5.26. The van der Waals surface area contributed by atoms with Crippen molar-refractivity contribution in [1.29, 1.82) is 0 Å². The minimum Gasteiger partial charge on any atom is -0.396 e. The average Bonchev–Trinajstić information content (AvgIpc) is 3.00. The van der Waals surface area contributed by atoms with Crippen LogP contribution in [0, 0.1) is 0 Å². The molecule has 1 aliphatic heterocycles. The van der Waals surface area contributed by atoms with Gasteiger partial charge in [0.2, 0.25) is 5.95 Å². The van der Waals surface area contributed by atoms with Gasteiger partial charge in [-0.1, -0.05) is 19.8 Å². The number of aliphatic hydroxyl groups excluding tert-OH is 1. The smallest absolute Gasteiger partial charge is 0.332 e. The fraction of sp³-hybridized carbons (Fsp3) is 0.647. The molecule has 0 fully saturated rings. The highest BCUT2D eigenvalue weighted by Crippen LogP contribution is 2.23. The Bertz CT molecular complexity index is 952. The Morgan fingerprint density at radius 3 is 2.62 bits per heavy atom. The van der Waals surface area contributed by atoms with Gasteiger partial charge in [-0.25, -0.2) is 9.80 Å². The normalized spacial score (nSPS) is 14.0. The van der Waals surface area contributed by atoms with Gasteiger partial charge in [0, 0.05) is 26.7 Å². The van der Waals surface area contributed by atoms with Crippen LogP contribution in [0.5, 0.6) is 0 Å². The number of rotatable bonds is 7. The van der Waals surface area contributed by atoms with Gasteiger partial charge in [-0.15, -0.1) is 0 Å². The lowest BCUT2D eigenvalue weighted by Gasteiger charge is -2.24. The molecule has 0 saturated carbocycles. The lowest BCUT2D eigenvalue weighted by molar-refractivity contribution is 0.289. The lowest BCUT2D eigenvalue weighted by Crippen LogP contribution is -2.40. The zero-order chi connectivity index (χ0) is 18.8. The number of hydrogen-bond donors (Lipinski definition) is 1. The first-order chi connectivity index (χ1) is 12.5. The molecule has 142 valence electrons. The van der Waals surface area contributed by atoms with E-state index < -0.39 is 0 Å². The van der Waals surface area contributed by atoms with E-state index in [0.717, 1.165) is 25.0 Å². The van der Waals surface area contributed by atoms with E-state index in [-0.39, 0.29) is 17.9 Å². The third kappa shape index (κ3) is 3.07. The molecule has 1 N–H and O–H groups in total. The second-order valence-electron chi connectivity index (χ2n) is 6.71. The summed E-state index contributed by atoms with van der Waals surface area (Å²) in [6.45, 7) is 5.40. The van der Waals surface area contributed by atoms with Crippen molar-refractivity contribution in [3.05, 3.63) is 20.8 Å². The van der Waals surface area contributed by atoms with Gasteiger partial charge in [0.15, 0.2) is 11.2 Å². The van der Waals surface area contributed by atoms with Crippen molar-refractivity contribution in [3.8, 4) is 0 Å². The molecule has 2 aromatic rings. The van der Waals surface area contributed by atoms with Crippen molar-refractivity contribution in [1.82, 2.24) is 18.7 Å². The monoisotopic (exact) mass is 362 g/mol. The number of nitrogens with zero attached hydrogens (tertiary/aromatic N) is 6. The fourth-order valence-electron chi connectivity index (χ4n) is 3.31. The summed E-state index contributed by atoms with van der Waals surface area (Å²) in [5.41, 5.74) is 1.02. The zero-order valence-electron chi connectivity index (χ0n) is 15.6. The van der Waals surface area contributed by atoms with Crippen molar-refractivity contribution >= 4 is 22.8 Å². The van der Waals surface area contributed by atoms with Crippen molar-refractivity contribution in [2.24, 2.45) is 12.1 Å². The van der Waals surface area contributed by atoms with Crippen LogP contribution in [0.4, 0.5) is 5.95 Å². The van der Waals surface area contributed by atoms with Gasteiger partial charge < -0.3 is 5.11 Å². The Morgan fingerprint density at radius 2 is 1.92 bits per heavy atom. The van der Waals surface area contributed by atoms with E-state index in [2.05, 4.69) is 17.0 Å². The summed E-state index contributed by atoms with van der Waals surface area (Å²) in [6.07, 6.45) is 3.33. The molecule has 0 saturated heterocycles. The van der Waals surface area contributed by atoms with Crippen LogP contribution in [0.2, 0.25) is 0 Å². The molecule has 0 atom stereocenters. The number of hydrogen-bond acceptors (Lipinski definition) is 6. The van der Waals surface area contributed by atoms with Gasteiger partial charge in [-0.2, -0.15) is 10.1 Å². The van der Waals surface area contributed by atoms with E-state index in [1.165, 1.54) is 9.13 Å². The first-order valence-electron chi connectivity index (χ1n) is 9.12. The Morgan fingerprint density at radius 1 is 1.15 bits per heavy atom. The van der Waals surface area contributed by atoms with Crippen molar-refractivity contribution < 1.29 is 5.11 Å². The van der Waals surface area contributed by atoms with Crippen molar-refractivity contribution in [3.63, 3.8) is 0 Å². The predicted molar refractivity (Wildman–Crippen MR) is 101 cm³/mol. The minimum absolute atomic E-state index is 0.0496. The van der Waals surface area contributed by atoms with Gasteiger partial charge in [-0.3, -0.25) is 18.5 Å². The maximum Gasteiger partial charge on any atom is 0.332 e. The first-order valence-corrected chi connectivity index (χ1v) is 9.12. The second kappa shape index (κ2) is 7.45. The lowest BCUT2D eigenvalue weighted by atomic mass is 10.2. The first kappa shape index (κ1) is 18.4. The van der Waals surface area contributed by atoms with E-state index in [9.17, 15) is 9.59 Å². The molecule has 0 spiro atoms. The predicted octanol–water partition coefficient (Wildman–Crippen LogP) is 0.665. The van der Waals surface area contributed by atoms with Gasteiger partial charge in [0.05, 0.1) is 12.3 Å². The highest BCUT2D eigenvalue weighted by atomic mass is 16.3. The number of aliphatic hydroxyl groups is 1. The van der Waals surface area contributed by atoms with Crippen molar-refractivity contribution in [2.75, 3.05) is 18.2 Å². The quantitative estimate of drug-likeness (QED) is 0.730. The van der Waals surface area contributed by atoms with Crippen LogP contribution in [0.15, 0.2) is 14.7 Å². The van der Waals surface area contributed by atoms with E-state index >= 15 is 0 Å². The summed E-state index contributed by atoms with van der Waals surface area (Å²) in [4.78, 5) is 30.2. The van der Waals surface area contributed by atoms with Crippen LogP contribution in [-0.4, -0.2) is 42.7 Å². The van der Waals surface area contributed by atoms with E-state index in [0.29, 0.717) is 43.2 Å². The molecular formula is C17H26N6O3. The van der Waals surface area contributed by atoms with Crippen LogP contribution in [-0.2, 0) is 20.1 Å². The van der Waals surface area contributed by atoms with Crippen LogP contribution < -0.4 is 16.3 Å². The summed E-state index contributed by atoms with van der Waals surface area (Å²) in [7, 11) is 1.64. The average molecular weight is 362 g/mol. The molecule has 26 heavy (non-hydrogen) atoms. The van der Waals surface area contributed by atoms with Crippen LogP contribution in [0.1, 0.15) is 39.5 Å². The molecule has 0 aliphatic carbocycles. The highest BCUT2D eigenvalue weighted by Gasteiger charge is 2.26. The highest BCUT2D eigenvalue weighted by molar-refractivity contribution is 5.87. The summed E-state index contributed by atoms with van der Waals surface area (Å²) in [6, 6.07) is 0. The minimum atomic E-state index is -0.339. The Hall–Kier alpha value is -2.42. The number of aryl methyl sites for hydroxylation is 1. The molecule has 0 unspecified atom stereocenters. The van der Waals surface area contributed by atoms with Crippen LogP contribution >= 0.6 is 0 Å². The summed E-state index contributed by atoms with van der Waals surface area (Å²) in [5.74, 6) is 0.539. The molecule has 0 aromatic carbocycles. The molecule has 9 heteroatoms. The van der Waals surface area contributed by atoms with E-state index in [1.807, 2.05) is 11.5 Å². The van der Waals surface area contributed by atoms with Crippen LogP contribution in [0.3, 0.4) is 0 Å². The molecule has 1 aliphatic rings. The SMILES string of the molecule is CCCCCn1c(=O)c2c(nc3n2CC(C)=NN3CCCO)n(C)c1=O. The molecule has 3 rings (SSSR count). The summed E-state index contributed by atoms with van der Waals surface area (Å²) < 4.78 is 4.58. The summed E-state index contributed by atoms with van der Waals surface area (Å²) in [5, 5.41) is 15.3. The molecule has 9 nitrogen and oxygen atoms in total. The number of imidazole rings is 1. The number of fused-ring (bicyclic) bond motifs is 3. The Balaban J connectivity index is 2.17. The number of unbranched alkanes of at least 4 members (excludes halogenated alkanes) is 2. The Labute approximate surface area is 151 Å². The maximum absolute atomic E-state index is 13.0. The van der Waals surface area contributed by atoms with Crippen LogP contribution in [0.25, 0.3) is 11.2 Å². The largest absolute Gasteiger partial charge is 0.396 e. The number of aromatic nitrogens is 4. The molecule has 0 bridgehead atoms. The third-order valence-electron chi connectivity index (χ3n) is 4.63. The number of hydrazone groups is 1. The van der Waals surface area contributed by atoms with Gasteiger partial charge in [-0.05, 0) is 19.8 Å². The standard InChI is InChI=1S/C17H26N6O3/c1-4-5-6-8-21-15(25)13-14(20(3)17(21)26)18-16-22(13)11-12(2)19-23(16)9-7-10-24/h24H,4-11H2,1-3H3. The molecular weight excluding hydrogens is 336 g/mol. The van der Waals surface area contributed by atoms with Gasteiger partial charge in [0.1, 0.15) is 0 Å². The van der Waals surface area contributed by atoms with E-state index in [1.54, 1.807) is 12.1 Å². The zero-order valence-corrected chi connectivity index (χ0v) is 15.6. The van der Waals surface area contributed by atoms with Crippen molar-refractivity contribution in [2.45, 2.75) is 52.6 Å². The second-order valence-corrected chi connectivity index (χ2v) is 6.71. The topological polar surface area (TPSA) is 97.7 Å². The third-order valence-corrected chi connectivity index (χ3v) is 4.63. The molecule has 0 amide bonds. The fourth-order valence-corrected chi connectivity index (χ4v) is 3.31. The van der Waals surface area contributed by atoms with Gasteiger partial charge in [0.25, 0.3) is 5.56 Å².